The van der Waals surface area contributed by atoms with Gasteiger partial charge in [-0.2, -0.15) is 4.52 Å². The van der Waals surface area contributed by atoms with Gasteiger partial charge in [-0.1, -0.05) is 32.4 Å². The number of ether oxygens (including phenoxy) is 3. The number of morpholine rings is 1. The van der Waals surface area contributed by atoms with Crippen LogP contribution in [0.2, 0.25) is 5.15 Å². The third-order valence-corrected chi connectivity index (χ3v) is 7.07. The predicted molar refractivity (Wildman–Crippen MR) is 150 cm³/mol. The number of fused-ring (bicyclic) bond motifs is 1. The second-order valence-corrected chi connectivity index (χ2v) is 10.8. The Morgan fingerprint density at radius 3 is 2.40 bits per heavy atom. The summed E-state index contributed by atoms with van der Waals surface area (Å²) in [5, 5.41) is 17.0. The van der Waals surface area contributed by atoms with E-state index in [-0.39, 0.29) is 39.9 Å². The van der Waals surface area contributed by atoms with Crippen molar-refractivity contribution in [1.29, 1.82) is 5.41 Å². The first-order chi connectivity index (χ1) is 19.0. The summed E-state index contributed by atoms with van der Waals surface area (Å²) in [6, 6.07) is 5.12. The van der Waals surface area contributed by atoms with Crippen LogP contribution in [0.3, 0.4) is 0 Å². The monoisotopic (exact) mass is 573 g/mol. The van der Waals surface area contributed by atoms with E-state index in [9.17, 15) is 9.59 Å². The number of anilines is 1. The molecule has 1 saturated heterocycles. The molecule has 0 bridgehead atoms. The van der Waals surface area contributed by atoms with Crippen LogP contribution in [0.15, 0.2) is 18.2 Å². The number of carbonyl (C=O) groups excluding carboxylic acids is 2. The van der Waals surface area contributed by atoms with E-state index in [2.05, 4.69) is 35.9 Å². The SMILES string of the molecule is CCN(CC)C(=O)Oc1cc2nn(CC(=O)c3cc(N4CCOCC4)c(OC)c(C(C)(C)C)c3)c(=N)n2nc1Cl. The third kappa shape index (κ3) is 5.92. The molecule has 1 aromatic carbocycles. The van der Waals surface area contributed by atoms with Crippen LogP contribution in [0.25, 0.3) is 5.65 Å². The Kier molecular flexibility index (Phi) is 8.69. The number of amides is 1. The van der Waals surface area contributed by atoms with Crippen molar-refractivity contribution in [3.63, 3.8) is 0 Å². The fourth-order valence-electron chi connectivity index (χ4n) is 4.57. The minimum absolute atomic E-state index is 0.0228. The highest BCUT2D eigenvalue weighted by Crippen LogP contribution is 2.40. The molecule has 0 radical (unpaired) electrons. The van der Waals surface area contributed by atoms with Crippen molar-refractivity contribution in [3.05, 3.63) is 40.1 Å². The number of nitrogens with zero attached hydrogens (tertiary/aromatic N) is 6. The zero-order chi connectivity index (χ0) is 29.2. The van der Waals surface area contributed by atoms with Gasteiger partial charge in [-0.15, -0.1) is 10.2 Å². The number of hydrogen-bond donors (Lipinski definition) is 1. The summed E-state index contributed by atoms with van der Waals surface area (Å²) in [6.45, 7) is 13.2. The average molecular weight is 574 g/mol. The molecule has 1 amide bonds. The van der Waals surface area contributed by atoms with Crippen LogP contribution in [0.4, 0.5) is 10.5 Å². The lowest BCUT2D eigenvalue weighted by molar-refractivity contribution is 0.0965. The molecule has 0 atom stereocenters. The van der Waals surface area contributed by atoms with Crippen molar-refractivity contribution in [2.45, 2.75) is 46.6 Å². The van der Waals surface area contributed by atoms with Crippen LogP contribution >= 0.6 is 11.6 Å². The molecule has 0 unspecified atom stereocenters. The molecule has 40 heavy (non-hydrogen) atoms. The molecule has 3 aromatic rings. The molecular weight excluding hydrogens is 538 g/mol. The Labute approximate surface area is 237 Å². The van der Waals surface area contributed by atoms with Crippen molar-refractivity contribution in [3.8, 4) is 11.5 Å². The molecule has 12 nitrogen and oxygen atoms in total. The van der Waals surface area contributed by atoms with Gasteiger partial charge >= 0.3 is 6.09 Å². The van der Waals surface area contributed by atoms with E-state index >= 15 is 0 Å². The molecule has 3 heterocycles. The minimum Gasteiger partial charge on any atom is -0.494 e. The van der Waals surface area contributed by atoms with E-state index in [4.69, 9.17) is 31.2 Å². The van der Waals surface area contributed by atoms with Crippen LogP contribution in [0, 0.1) is 5.41 Å². The van der Waals surface area contributed by atoms with Gasteiger partial charge in [0.2, 0.25) is 5.62 Å². The fraction of sp³-hybridized carbons (Fsp3) is 0.519. The van der Waals surface area contributed by atoms with Crippen molar-refractivity contribution in [2.75, 3.05) is 51.4 Å². The number of nitrogens with one attached hydrogen (secondary N) is 1. The first-order valence-corrected chi connectivity index (χ1v) is 13.6. The fourth-order valence-corrected chi connectivity index (χ4v) is 4.74. The topological polar surface area (TPSA) is 127 Å². The van der Waals surface area contributed by atoms with E-state index in [1.54, 1.807) is 7.11 Å². The van der Waals surface area contributed by atoms with E-state index < -0.39 is 6.09 Å². The van der Waals surface area contributed by atoms with Gasteiger partial charge in [0.1, 0.15) is 12.3 Å². The molecule has 1 N–H and O–H groups in total. The zero-order valence-electron chi connectivity index (χ0n) is 23.8. The Morgan fingerprint density at radius 2 is 1.80 bits per heavy atom. The number of aromatic nitrogens is 4. The van der Waals surface area contributed by atoms with Crippen LogP contribution < -0.4 is 20.0 Å². The van der Waals surface area contributed by atoms with Crippen LogP contribution in [0.1, 0.15) is 50.5 Å². The summed E-state index contributed by atoms with van der Waals surface area (Å²) >= 11 is 6.26. The normalized spacial score (nSPS) is 13.9. The number of Topliss-reactive ketones (excluding diaryl/α,β-unsaturated/α-hetero) is 1. The van der Waals surface area contributed by atoms with Crippen molar-refractivity contribution in [1.82, 2.24) is 24.3 Å². The Balaban J connectivity index is 1.69. The second-order valence-electron chi connectivity index (χ2n) is 10.4. The van der Waals surface area contributed by atoms with Crippen molar-refractivity contribution >= 4 is 34.8 Å². The first-order valence-electron chi connectivity index (χ1n) is 13.2. The predicted octanol–water partition coefficient (Wildman–Crippen LogP) is 3.53. The molecule has 0 saturated carbocycles. The second kappa shape index (κ2) is 11.8. The summed E-state index contributed by atoms with van der Waals surface area (Å²) in [6.07, 6.45) is -0.566. The van der Waals surface area contributed by atoms with Gasteiger partial charge in [0.15, 0.2) is 22.3 Å². The quantitative estimate of drug-likeness (QED) is 0.405. The maximum atomic E-state index is 13.6. The lowest BCUT2D eigenvalue weighted by Crippen LogP contribution is -2.37. The van der Waals surface area contributed by atoms with Gasteiger partial charge in [0.25, 0.3) is 0 Å². The summed E-state index contributed by atoms with van der Waals surface area (Å²) in [7, 11) is 1.64. The average Bonchev–Trinajstić information content (AvgIpc) is 3.22. The van der Waals surface area contributed by atoms with E-state index in [0.29, 0.717) is 45.0 Å². The number of methoxy groups -OCH3 is 1. The first kappa shape index (κ1) is 29.3. The maximum Gasteiger partial charge on any atom is 0.415 e. The summed E-state index contributed by atoms with van der Waals surface area (Å²) < 4.78 is 19.2. The molecule has 0 spiro atoms. The lowest BCUT2D eigenvalue weighted by atomic mass is 9.84. The van der Waals surface area contributed by atoms with Gasteiger partial charge < -0.3 is 24.0 Å². The van der Waals surface area contributed by atoms with Crippen LogP contribution in [-0.2, 0) is 16.7 Å². The largest absolute Gasteiger partial charge is 0.494 e. The molecule has 13 heteroatoms. The molecule has 4 rings (SSSR count). The van der Waals surface area contributed by atoms with Gasteiger partial charge in [-0.3, -0.25) is 10.2 Å². The third-order valence-electron chi connectivity index (χ3n) is 6.80. The smallest absolute Gasteiger partial charge is 0.415 e. The Morgan fingerprint density at radius 1 is 1.12 bits per heavy atom. The summed E-state index contributed by atoms with van der Waals surface area (Å²) in [4.78, 5) is 29.7. The molecular formula is C27H36ClN7O5. The number of carbonyl (C=O) groups is 2. The molecule has 1 aliphatic rings. The molecule has 1 fully saturated rings. The van der Waals surface area contributed by atoms with Crippen molar-refractivity contribution < 1.29 is 23.8 Å². The van der Waals surface area contributed by atoms with Gasteiger partial charge in [-0.25, -0.2) is 9.48 Å². The van der Waals surface area contributed by atoms with E-state index in [0.717, 1.165) is 17.0 Å². The van der Waals surface area contributed by atoms with Gasteiger partial charge in [0, 0.05) is 43.4 Å². The zero-order valence-corrected chi connectivity index (χ0v) is 24.5. The highest BCUT2D eigenvalue weighted by atomic mass is 35.5. The molecule has 2 aromatic heterocycles. The Bertz CT molecular complexity index is 1470. The van der Waals surface area contributed by atoms with Crippen LogP contribution in [-0.4, -0.2) is 82.7 Å². The minimum atomic E-state index is -0.566. The standard InChI is InChI=1S/C27H36ClN7O5/c1-7-32(8-2)26(37)40-21-15-22-30-34(25(29)35(22)31-24(21)28)16-20(36)17-13-18(27(3,4)5)23(38-6)19(14-17)33-9-11-39-12-10-33/h13-15,29H,7-12,16H2,1-6H3. The highest BCUT2D eigenvalue weighted by Gasteiger charge is 2.27. The Hall–Kier alpha value is -3.64. The maximum absolute atomic E-state index is 13.6. The summed E-state index contributed by atoms with van der Waals surface area (Å²) in [5.74, 6) is 0.525. The number of rotatable bonds is 8. The molecule has 0 aliphatic carbocycles. The van der Waals surface area contributed by atoms with E-state index in [1.165, 1.54) is 20.2 Å². The van der Waals surface area contributed by atoms with Gasteiger partial charge in [0.05, 0.1) is 26.0 Å². The van der Waals surface area contributed by atoms with Gasteiger partial charge in [-0.05, 0) is 31.4 Å². The van der Waals surface area contributed by atoms with E-state index in [1.807, 2.05) is 26.0 Å². The number of halogens is 1. The lowest BCUT2D eigenvalue weighted by Gasteiger charge is -2.33. The number of hydrogen-bond acceptors (Lipinski definition) is 9. The van der Waals surface area contributed by atoms with Crippen LogP contribution in [0.5, 0.6) is 11.5 Å². The highest BCUT2D eigenvalue weighted by molar-refractivity contribution is 6.30. The molecule has 1 aliphatic heterocycles. The number of benzene rings is 1. The number of ketones is 1. The summed E-state index contributed by atoms with van der Waals surface area (Å²) in [5.41, 5.74) is 1.99. The van der Waals surface area contributed by atoms with Crippen molar-refractivity contribution in [2.24, 2.45) is 0 Å². The molecule has 216 valence electrons.